The van der Waals surface area contributed by atoms with E-state index in [4.69, 9.17) is 4.74 Å². The molecule has 0 aliphatic carbocycles. The van der Waals surface area contributed by atoms with Gasteiger partial charge >= 0.3 is 0 Å². The highest BCUT2D eigenvalue weighted by Crippen LogP contribution is 2.29. The van der Waals surface area contributed by atoms with Crippen molar-refractivity contribution in [2.45, 2.75) is 64.6 Å². The number of nitro benzene ring substituents is 1. The van der Waals surface area contributed by atoms with Crippen molar-refractivity contribution in [1.82, 2.24) is 10.2 Å². The Morgan fingerprint density at radius 3 is 2.16 bits per heavy atom. The fraction of sp³-hybridized carbons (Fsp3) is 0.355. The third-order valence-electron chi connectivity index (χ3n) is 6.89. The van der Waals surface area contributed by atoms with E-state index in [1.54, 1.807) is 19.1 Å². The summed E-state index contributed by atoms with van der Waals surface area (Å²) in [5.74, 6) is -0.505. The van der Waals surface area contributed by atoms with Gasteiger partial charge in [0.2, 0.25) is 11.8 Å². The molecule has 0 aliphatic heterocycles. The maximum atomic E-state index is 14.1. The third kappa shape index (κ3) is 8.10. The summed E-state index contributed by atoms with van der Waals surface area (Å²) in [6, 6.07) is 16.1. The van der Waals surface area contributed by atoms with E-state index in [9.17, 15) is 28.1 Å². The lowest BCUT2D eigenvalue weighted by Gasteiger charge is -2.33. The minimum Gasteiger partial charge on any atom is -0.497 e. The first-order chi connectivity index (χ1) is 20.3. The second-order valence-corrected chi connectivity index (χ2v) is 12.4. The number of carbonyl (C=O) groups is 2. The number of benzene rings is 3. The van der Waals surface area contributed by atoms with Gasteiger partial charge in [0.1, 0.15) is 18.3 Å². The van der Waals surface area contributed by atoms with Gasteiger partial charge in [-0.15, -0.1) is 0 Å². The number of amides is 2. The minimum absolute atomic E-state index is 0.0651. The number of hydrogen-bond donors (Lipinski definition) is 1. The summed E-state index contributed by atoms with van der Waals surface area (Å²) in [5.41, 5.74) is 1.87. The van der Waals surface area contributed by atoms with Crippen LogP contribution in [-0.4, -0.2) is 55.8 Å². The predicted octanol–water partition coefficient (Wildman–Crippen LogP) is 4.75. The molecule has 12 heteroatoms. The van der Waals surface area contributed by atoms with E-state index in [2.05, 4.69) is 5.32 Å². The minimum atomic E-state index is -4.49. The molecule has 0 bridgehead atoms. The number of nitro groups is 1. The van der Waals surface area contributed by atoms with Crippen molar-refractivity contribution in [3.05, 3.63) is 93.5 Å². The fourth-order valence-electron chi connectivity index (χ4n) is 4.54. The lowest BCUT2D eigenvalue weighted by molar-refractivity contribution is -0.385. The Hall–Kier alpha value is -4.45. The summed E-state index contributed by atoms with van der Waals surface area (Å²) >= 11 is 0. The molecular weight excluding hydrogens is 572 g/mol. The van der Waals surface area contributed by atoms with Crippen LogP contribution in [0.2, 0.25) is 0 Å². The molecule has 0 aromatic heterocycles. The molecule has 0 saturated heterocycles. The van der Waals surface area contributed by atoms with Gasteiger partial charge in [0, 0.05) is 24.2 Å². The summed E-state index contributed by atoms with van der Waals surface area (Å²) in [4.78, 5) is 39.4. The van der Waals surface area contributed by atoms with Crippen LogP contribution in [0.15, 0.2) is 71.6 Å². The van der Waals surface area contributed by atoms with E-state index in [1.807, 2.05) is 45.0 Å². The van der Waals surface area contributed by atoms with Crippen LogP contribution in [0, 0.1) is 24.0 Å². The molecule has 0 fully saturated rings. The van der Waals surface area contributed by atoms with Crippen LogP contribution < -0.4 is 14.4 Å². The van der Waals surface area contributed by atoms with Gasteiger partial charge in [-0.25, -0.2) is 8.42 Å². The summed E-state index contributed by atoms with van der Waals surface area (Å²) in [5, 5.41) is 14.5. The lowest BCUT2D eigenvalue weighted by atomic mass is 10.1. The van der Waals surface area contributed by atoms with Crippen molar-refractivity contribution in [3.63, 3.8) is 0 Å². The summed E-state index contributed by atoms with van der Waals surface area (Å²) in [6.07, 6.45) is 0.287. The Kier molecular flexibility index (Phi) is 10.9. The second kappa shape index (κ2) is 14.1. The number of carbonyl (C=O) groups excluding carboxylic acids is 2. The summed E-state index contributed by atoms with van der Waals surface area (Å²) in [6.45, 7) is 8.26. The number of ether oxygens (including phenoxy) is 1. The van der Waals surface area contributed by atoms with E-state index >= 15 is 0 Å². The molecule has 230 valence electrons. The molecule has 1 atom stereocenters. The molecule has 0 radical (unpaired) electrons. The molecule has 11 nitrogen and oxygen atoms in total. The number of anilines is 1. The quantitative estimate of drug-likeness (QED) is 0.218. The summed E-state index contributed by atoms with van der Waals surface area (Å²) in [7, 11) is -3.02. The zero-order valence-electron chi connectivity index (χ0n) is 25.2. The van der Waals surface area contributed by atoms with Gasteiger partial charge < -0.3 is 15.0 Å². The normalized spacial score (nSPS) is 12.0. The average Bonchev–Trinajstić information content (AvgIpc) is 2.96. The number of nitrogens with zero attached hydrogens (tertiary/aromatic N) is 3. The average molecular weight is 611 g/mol. The number of aryl methyl sites for hydroxylation is 2. The topological polar surface area (TPSA) is 139 Å². The molecule has 3 rings (SSSR count). The first-order valence-electron chi connectivity index (χ1n) is 13.9. The largest absolute Gasteiger partial charge is 0.497 e. The van der Waals surface area contributed by atoms with E-state index < -0.39 is 33.4 Å². The molecule has 0 unspecified atom stereocenters. The molecule has 0 saturated carbocycles. The van der Waals surface area contributed by atoms with E-state index in [0.29, 0.717) is 11.3 Å². The molecule has 3 aromatic carbocycles. The van der Waals surface area contributed by atoms with E-state index in [-0.39, 0.29) is 41.2 Å². The van der Waals surface area contributed by atoms with E-state index in [0.717, 1.165) is 21.5 Å². The molecule has 3 aromatic rings. The highest BCUT2D eigenvalue weighted by Gasteiger charge is 2.34. The Balaban J connectivity index is 2.12. The number of methoxy groups -OCH3 is 1. The standard InChI is InChI=1S/C31H38N4O7S/c1-7-28(31(37)32-21(2)3)33(19-24-11-8-22(4)9-12-24)30(36)20-34(25-13-15-26(42-6)16-14-25)43(40,41)27-17-10-23(5)29(18-27)35(38)39/h8-18,21,28H,7,19-20H2,1-6H3,(H,32,37)/t28-/m0/s1. The van der Waals surface area contributed by atoms with Gasteiger partial charge in [-0.3, -0.25) is 24.0 Å². The predicted molar refractivity (Wildman–Crippen MR) is 164 cm³/mol. The molecule has 1 N–H and O–H groups in total. The number of sulfonamides is 1. The monoisotopic (exact) mass is 610 g/mol. The zero-order valence-corrected chi connectivity index (χ0v) is 26.1. The van der Waals surface area contributed by atoms with Crippen LogP contribution in [0.3, 0.4) is 0 Å². The van der Waals surface area contributed by atoms with Crippen LogP contribution >= 0.6 is 0 Å². The summed E-state index contributed by atoms with van der Waals surface area (Å²) < 4.78 is 34.2. The first kappa shape index (κ1) is 33.1. The molecule has 0 aliphatic rings. The van der Waals surface area contributed by atoms with Crippen molar-refractivity contribution in [3.8, 4) is 5.75 Å². The molecular formula is C31H38N4O7S. The molecule has 0 heterocycles. The Morgan fingerprint density at radius 2 is 1.63 bits per heavy atom. The first-order valence-corrected chi connectivity index (χ1v) is 15.3. The van der Waals surface area contributed by atoms with Crippen LogP contribution in [-0.2, 0) is 26.2 Å². The van der Waals surface area contributed by atoms with Crippen LogP contribution in [0.5, 0.6) is 5.75 Å². The maximum absolute atomic E-state index is 14.1. The van der Waals surface area contributed by atoms with Gasteiger partial charge in [-0.1, -0.05) is 42.8 Å². The van der Waals surface area contributed by atoms with Gasteiger partial charge in [0.05, 0.1) is 22.6 Å². The SMILES string of the molecule is CC[C@@H](C(=O)NC(C)C)N(Cc1ccc(C)cc1)C(=O)CN(c1ccc(OC)cc1)S(=O)(=O)c1ccc(C)c([N+](=O)[O-])c1. The number of hydrogen-bond acceptors (Lipinski definition) is 7. The lowest BCUT2D eigenvalue weighted by Crippen LogP contribution is -2.53. The van der Waals surface area contributed by atoms with Gasteiger partial charge in [-0.2, -0.15) is 0 Å². The maximum Gasteiger partial charge on any atom is 0.273 e. The third-order valence-corrected chi connectivity index (χ3v) is 8.66. The van der Waals surface area contributed by atoms with Crippen LogP contribution in [0.1, 0.15) is 43.9 Å². The molecule has 0 spiro atoms. The smallest absolute Gasteiger partial charge is 0.273 e. The van der Waals surface area contributed by atoms with Gasteiger partial charge in [-0.05, 0) is 70.0 Å². The molecule has 2 amide bonds. The highest BCUT2D eigenvalue weighted by atomic mass is 32.2. The molecule has 43 heavy (non-hydrogen) atoms. The van der Waals surface area contributed by atoms with Crippen LogP contribution in [0.25, 0.3) is 0 Å². The number of nitrogens with one attached hydrogen (secondary N) is 1. The van der Waals surface area contributed by atoms with Crippen LogP contribution in [0.4, 0.5) is 11.4 Å². The van der Waals surface area contributed by atoms with Crippen molar-refractivity contribution < 1.29 is 27.7 Å². The zero-order chi connectivity index (χ0) is 31.9. The Labute approximate surface area is 252 Å². The van der Waals surface area contributed by atoms with Crippen molar-refractivity contribution in [2.24, 2.45) is 0 Å². The van der Waals surface area contributed by atoms with Gasteiger partial charge in [0.15, 0.2) is 0 Å². The fourth-order valence-corrected chi connectivity index (χ4v) is 5.98. The van der Waals surface area contributed by atoms with Crippen molar-refractivity contribution >= 4 is 33.2 Å². The Bertz CT molecular complexity index is 1560. The van der Waals surface area contributed by atoms with E-state index in [1.165, 1.54) is 43.2 Å². The van der Waals surface area contributed by atoms with Gasteiger partial charge in [0.25, 0.3) is 15.7 Å². The van der Waals surface area contributed by atoms with Crippen molar-refractivity contribution in [1.29, 1.82) is 0 Å². The Morgan fingerprint density at radius 1 is 1.00 bits per heavy atom. The highest BCUT2D eigenvalue weighted by molar-refractivity contribution is 7.92. The second-order valence-electron chi connectivity index (χ2n) is 10.5. The number of rotatable bonds is 13. The van der Waals surface area contributed by atoms with Crippen molar-refractivity contribution in [2.75, 3.05) is 18.0 Å².